The number of nitrogens with zero attached hydrogens (tertiary/aromatic N) is 1. The first kappa shape index (κ1) is 29.9. The van der Waals surface area contributed by atoms with E-state index in [4.69, 9.17) is 25.8 Å². The third kappa shape index (κ3) is 7.25. The number of anilines is 1. The van der Waals surface area contributed by atoms with Crippen molar-refractivity contribution in [3.63, 3.8) is 0 Å². The van der Waals surface area contributed by atoms with E-state index >= 15 is 0 Å². The number of halogens is 2. The molecule has 10 heteroatoms. The average Bonchev–Trinajstić information content (AvgIpc) is 2.99. The van der Waals surface area contributed by atoms with Crippen molar-refractivity contribution >= 4 is 57.1 Å². The average molecular weight is 662 g/mol. The number of nitrogens with one attached hydrogen (secondary N) is 1. The highest BCUT2D eigenvalue weighted by molar-refractivity contribution is 9.10. The maximum atomic E-state index is 13.5. The van der Waals surface area contributed by atoms with Gasteiger partial charge in [-0.25, -0.2) is 9.69 Å². The monoisotopic (exact) mass is 660 g/mol. The number of carbonyl (C=O) groups is 3. The fourth-order valence-corrected chi connectivity index (χ4v) is 5.13. The van der Waals surface area contributed by atoms with Crippen LogP contribution in [-0.2, 0) is 22.8 Å². The van der Waals surface area contributed by atoms with Gasteiger partial charge in [-0.05, 0) is 94.2 Å². The summed E-state index contributed by atoms with van der Waals surface area (Å²) >= 11 is 9.61. The molecule has 0 bridgehead atoms. The van der Waals surface area contributed by atoms with Crippen molar-refractivity contribution in [3.8, 4) is 17.2 Å². The Hall–Kier alpha value is -4.60. The number of barbiturate groups is 1. The van der Waals surface area contributed by atoms with Crippen LogP contribution in [0.3, 0.4) is 0 Å². The fraction of sp³-hybridized carbons (Fsp3) is 0.121. The first-order valence-electron chi connectivity index (χ1n) is 13.3. The van der Waals surface area contributed by atoms with Gasteiger partial charge in [0.15, 0.2) is 11.5 Å². The molecular weight excluding hydrogens is 636 g/mol. The second-order valence-corrected chi connectivity index (χ2v) is 10.7. The Labute approximate surface area is 261 Å². The van der Waals surface area contributed by atoms with E-state index in [0.29, 0.717) is 45.5 Å². The van der Waals surface area contributed by atoms with Crippen LogP contribution in [0.5, 0.6) is 17.2 Å². The predicted molar refractivity (Wildman–Crippen MR) is 167 cm³/mol. The van der Waals surface area contributed by atoms with Crippen molar-refractivity contribution in [1.82, 2.24) is 5.32 Å². The minimum atomic E-state index is -0.842. The molecule has 0 atom stereocenters. The van der Waals surface area contributed by atoms with Gasteiger partial charge in [0.2, 0.25) is 0 Å². The number of imide groups is 2. The number of urea groups is 1. The Morgan fingerprint density at radius 1 is 0.837 bits per heavy atom. The molecule has 1 aliphatic rings. The van der Waals surface area contributed by atoms with Crippen LogP contribution >= 0.6 is 27.5 Å². The zero-order valence-corrected chi connectivity index (χ0v) is 25.4. The van der Waals surface area contributed by atoms with Gasteiger partial charge in [0, 0.05) is 5.02 Å². The minimum Gasteiger partial charge on any atom is -0.490 e. The molecule has 1 aliphatic heterocycles. The first-order chi connectivity index (χ1) is 20.8. The van der Waals surface area contributed by atoms with Crippen molar-refractivity contribution in [3.05, 3.63) is 123 Å². The van der Waals surface area contributed by atoms with E-state index in [1.165, 1.54) is 6.08 Å². The number of hydrogen-bond donors (Lipinski definition) is 1. The van der Waals surface area contributed by atoms with E-state index in [1.807, 2.05) is 49.4 Å². The molecule has 4 amide bonds. The quantitative estimate of drug-likeness (QED) is 0.141. The normalized spacial score (nSPS) is 14.1. The smallest absolute Gasteiger partial charge is 0.335 e. The van der Waals surface area contributed by atoms with E-state index < -0.39 is 17.8 Å². The van der Waals surface area contributed by atoms with Gasteiger partial charge < -0.3 is 14.2 Å². The number of hydrogen-bond acceptors (Lipinski definition) is 6. The minimum absolute atomic E-state index is 0.217. The lowest BCUT2D eigenvalue weighted by Crippen LogP contribution is -2.54. The molecule has 0 unspecified atom stereocenters. The van der Waals surface area contributed by atoms with Crippen LogP contribution in [0.15, 0.2) is 101 Å². The molecular formula is C33H26BrClN2O6. The standard InChI is InChI=1S/C33H26BrClN2O6/c1-2-41-29-18-23(17-28(34)30(29)43-20-22-9-6-10-24(35)15-22)16-27-31(38)36-33(40)37(32(27)39)25-11-13-26(14-12-25)42-19-21-7-4-3-5-8-21/h3-18H,2,19-20H2,1H3,(H,36,38,40)/b27-16+. The second-order valence-electron chi connectivity index (χ2n) is 9.41. The van der Waals surface area contributed by atoms with E-state index in [-0.39, 0.29) is 17.9 Å². The van der Waals surface area contributed by atoms with E-state index in [9.17, 15) is 14.4 Å². The molecule has 0 saturated carbocycles. The van der Waals surface area contributed by atoms with Crippen molar-refractivity contribution < 1.29 is 28.6 Å². The van der Waals surface area contributed by atoms with E-state index in [1.54, 1.807) is 48.5 Å². The first-order valence-corrected chi connectivity index (χ1v) is 14.5. The lowest BCUT2D eigenvalue weighted by atomic mass is 10.1. The Morgan fingerprint density at radius 3 is 2.28 bits per heavy atom. The van der Waals surface area contributed by atoms with Gasteiger partial charge in [0.25, 0.3) is 11.8 Å². The highest BCUT2D eigenvalue weighted by atomic mass is 79.9. The summed E-state index contributed by atoms with van der Waals surface area (Å²) in [4.78, 5) is 39.9. The molecule has 5 rings (SSSR count). The lowest BCUT2D eigenvalue weighted by molar-refractivity contribution is -0.122. The molecule has 0 aliphatic carbocycles. The molecule has 0 aromatic heterocycles. The summed E-state index contributed by atoms with van der Waals surface area (Å²) < 4.78 is 18.2. The number of benzene rings is 4. The number of carbonyl (C=O) groups excluding carboxylic acids is 3. The molecule has 0 spiro atoms. The number of ether oxygens (including phenoxy) is 3. The van der Waals surface area contributed by atoms with Gasteiger partial charge in [-0.3, -0.25) is 14.9 Å². The summed E-state index contributed by atoms with van der Waals surface area (Å²) in [6, 6.07) is 26.0. The Kier molecular flexibility index (Phi) is 9.44. The number of rotatable bonds is 10. The van der Waals surface area contributed by atoms with Gasteiger partial charge >= 0.3 is 6.03 Å². The van der Waals surface area contributed by atoms with E-state index in [2.05, 4.69) is 21.2 Å². The molecule has 0 radical (unpaired) electrons. The Bertz CT molecular complexity index is 1690. The molecule has 8 nitrogen and oxygen atoms in total. The van der Waals surface area contributed by atoms with Crippen LogP contribution in [0.2, 0.25) is 5.02 Å². The third-order valence-electron chi connectivity index (χ3n) is 6.36. The summed E-state index contributed by atoms with van der Waals surface area (Å²) in [6.45, 7) is 2.80. The third-order valence-corrected chi connectivity index (χ3v) is 7.18. The van der Waals surface area contributed by atoms with Crippen LogP contribution < -0.4 is 24.4 Å². The molecule has 1 saturated heterocycles. The van der Waals surface area contributed by atoms with Gasteiger partial charge in [0.1, 0.15) is 24.5 Å². The summed E-state index contributed by atoms with van der Waals surface area (Å²) in [5, 5.41) is 2.85. The van der Waals surface area contributed by atoms with Crippen molar-refractivity contribution in [2.75, 3.05) is 11.5 Å². The largest absolute Gasteiger partial charge is 0.490 e. The van der Waals surface area contributed by atoms with Crippen LogP contribution in [0.4, 0.5) is 10.5 Å². The molecule has 43 heavy (non-hydrogen) atoms. The zero-order chi connectivity index (χ0) is 30.3. The SMILES string of the molecule is CCOc1cc(/C=C2\C(=O)NC(=O)N(c3ccc(OCc4ccccc4)cc3)C2=O)cc(Br)c1OCc1cccc(Cl)c1. The maximum absolute atomic E-state index is 13.5. The zero-order valence-electron chi connectivity index (χ0n) is 23.0. The Morgan fingerprint density at radius 2 is 1.56 bits per heavy atom. The molecule has 218 valence electrons. The van der Waals surface area contributed by atoms with Crippen molar-refractivity contribution in [2.24, 2.45) is 0 Å². The summed E-state index contributed by atoms with van der Waals surface area (Å²) in [6.07, 6.45) is 1.41. The van der Waals surface area contributed by atoms with Gasteiger partial charge in [-0.2, -0.15) is 0 Å². The van der Waals surface area contributed by atoms with E-state index in [0.717, 1.165) is 16.0 Å². The summed E-state index contributed by atoms with van der Waals surface area (Å²) in [7, 11) is 0. The van der Waals surface area contributed by atoms with Gasteiger partial charge in [-0.1, -0.05) is 54.1 Å². The summed E-state index contributed by atoms with van der Waals surface area (Å²) in [5.41, 5.74) is 2.44. The summed E-state index contributed by atoms with van der Waals surface area (Å²) in [5.74, 6) is -0.134. The predicted octanol–water partition coefficient (Wildman–Crippen LogP) is 7.33. The topological polar surface area (TPSA) is 94.2 Å². The van der Waals surface area contributed by atoms with Crippen LogP contribution in [0, 0.1) is 0 Å². The maximum Gasteiger partial charge on any atom is 0.335 e. The fourth-order valence-electron chi connectivity index (χ4n) is 4.35. The van der Waals surface area contributed by atoms with Crippen molar-refractivity contribution in [2.45, 2.75) is 20.1 Å². The molecule has 1 heterocycles. The molecule has 1 fully saturated rings. The van der Waals surface area contributed by atoms with Crippen LogP contribution in [0.1, 0.15) is 23.6 Å². The molecule has 4 aromatic carbocycles. The van der Waals surface area contributed by atoms with Crippen LogP contribution in [0.25, 0.3) is 6.08 Å². The second kappa shape index (κ2) is 13.6. The molecule has 1 N–H and O–H groups in total. The highest BCUT2D eigenvalue weighted by Crippen LogP contribution is 2.38. The molecule has 4 aromatic rings. The number of amides is 4. The van der Waals surface area contributed by atoms with Gasteiger partial charge in [-0.15, -0.1) is 0 Å². The Balaban J connectivity index is 1.36. The van der Waals surface area contributed by atoms with Crippen LogP contribution in [-0.4, -0.2) is 24.5 Å². The highest BCUT2D eigenvalue weighted by Gasteiger charge is 2.37. The van der Waals surface area contributed by atoms with Crippen molar-refractivity contribution in [1.29, 1.82) is 0 Å². The van der Waals surface area contributed by atoms with Gasteiger partial charge in [0.05, 0.1) is 16.8 Å². The lowest BCUT2D eigenvalue weighted by Gasteiger charge is -2.26.